The summed E-state index contributed by atoms with van der Waals surface area (Å²) >= 11 is 0. The number of hydrogen-bond donors (Lipinski definition) is 0. The first-order valence-electron chi connectivity index (χ1n) is 6.85. The zero-order chi connectivity index (χ0) is 14.7. The SMILES string of the molecule is Cc1cc(C)c(Oc2ncccn2)c(-c2ccccc2)c1. The smallest absolute Gasteiger partial charge is 0.321 e. The molecule has 0 saturated heterocycles. The molecule has 0 aliphatic rings. The highest BCUT2D eigenvalue weighted by molar-refractivity contribution is 5.73. The zero-order valence-electron chi connectivity index (χ0n) is 12.1. The highest BCUT2D eigenvalue weighted by Crippen LogP contribution is 2.36. The number of aryl methyl sites for hydroxylation is 2. The number of aromatic nitrogens is 2. The second kappa shape index (κ2) is 5.75. The van der Waals surface area contributed by atoms with E-state index in [0.717, 1.165) is 22.4 Å². The number of ether oxygens (including phenoxy) is 1. The molecule has 3 aromatic rings. The van der Waals surface area contributed by atoms with Gasteiger partial charge in [-0.25, -0.2) is 9.97 Å². The Bertz CT molecular complexity index is 740. The maximum Gasteiger partial charge on any atom is 0.321 e. The van der Waals surface area contributed by atoms with Gasteiger partial charge >= 0.3 is 6.01 Å². The Labute approximate surface area is 124 Å². The van der Waals surface area contributed by atoms with Gasteiger partial charge < -0.3 is 4.74 Å². The van der Waals surface area contributed by atoms with Crippen LogP contribution in [0.5, 0.6) is 11.8 Å². The van der Waals surface area contributed by atoms with Gasteiger partial charge in [-0.1, -0.05) is 36.4 Å². The predicted octanol–water partition coefficient (Wildman–Crippen LogP) is 4.55. The third-order valence-corrected chi connectivity index (χ3v) is 3.24. The Morgan fingerprint density at radius 2 is 1.57 bits per heavy atom. The Balaban J connectivity index is 2.11. The summed E-state index contributed by atoms with van der Waals surface area (Å²) < 4.78 is 5.93. The van der Waals surface area contributed by atoms with E-state index >= 15 is 0 Å². The van der Waals surface area contributed by atoms with E-state index in [2.05, 4.69) is 41.2 Å². The largest absolute Gasteiger partial charge is 0.423 e. The van der Waals surface area contributed by atoms with Crippen molar-refractivity contribution in [3.63, 3.8) is 0 Å². The molecule has 1 heterocycles. The van der Waals surface area contributed by atoms with Gasteiger partial charge in [0.2, 0.25) is 0 Å². The number of benzene rings is 2. The maximum atomic E-state index is 5.93. The summed E-state index contributed by atoms with van der Waals surface area (Å²) in [6.45, 7) is 4.12. The monoisotopic (exact) mass is 276 g/mol. The van der Waals surface area contributed by atoms with Gasteiger partial charge in [-0.3, -0.25) is 0 Å². The summed E-state index contributed by atoms with van der Waals surface area (Å²) in [7, 11) is 0. The quantitative estimate of drug-likeness (QED) is 0.703. The molecule has 0 bridgehead atoms. The predicted molar refractivity (Wildman–Crippen MR) is 83.5 cm³/mol. The van der Waals surface area contributed by atoms with Crippen molar-refractivity contribution in [2.75, 3.05) is 0 Å². The lowest BCUT2D eigenvalue weighted by Crippen LogP contribution is -1.96. The molecule has 3 rings (SSSR count). The molecule has 0 aliphatic carbocycles. The summed E-state index contributed by atoms with van der Waals surface area (Å²) in [5.41, 5.74) is 4.45. The maximum absolute atomic E-state index is 5.93. The van der Waals surface area contributed by atoms with Crippen LogP contribution in [0.3, 0.4) is 0 Å². The average molecular weight is 276 g/mol. The van der Waals surface area contributed by atoms with E-state index in [1.54, 1.807) is 18.5 Å². The van der Waals surface area contributed by atoms with Gasteiger partial charge in [0.1, 0.15) is 5.75 Å². The van der Waals surface area contributed by atoms with Gasteiger partial charge in [-0.2, -0.15) is 0 Å². The van der Waals surface area contributed by atoms with Crippen LogP contribution in [0.15, 0.2) is 60.9 Å². The van der Waals surface area contributed by atoms with Crippen molar-refractivity contribution in [3.8, 4) is 22.9 Å². The fourth-order valence-corrected chi connectivity index (χ4v) is 2.35. The lowest BCUT2D eigenvalue weighted by molar-refractivity contribution is 0.440. The highest BCUT2D eigenvalue weighted by atomic mass is 16.5. The van der Waals surface area contributed by atoms with E-state index in [1.807, 2.05) is 25.1 Å². The molecule has 0 saturated carbocycles. The van der Waals surface area contributed by atoms with Crippen LogP contribution in [-0.2, 0) is 0 Å². The summed E-state index contributed by atoms with van der Waals surface area (Å²) in [6, 6.07) is 16.6. The fraction of sp³-hybridized carbons (Fsp3) is 0.111. The molecular formula is C18H16N2O. The van der Waals surface area contributed by atoms with E-state index in [1.165, 1.54) is 5.56 Å². The summed E-state index contributed by atoms with van der Waals surface area (Å²) in [4.78, 5) is 8.28. The summed E-state index contributed by atoms with van der Waals surface area (Å²) in [5, 5.41) is 0. The van der Waals surface area contributed by atoms with E-state index in [-0.39, 0.29) is 0 Å². The van der Waals surface area contributed by atoms with Crippen LogP contribution in [-0.4, -0.2) is 9.97 Å². The molecule has 0 fully saturated rings. The van der Waals surface area contributed by atoms with Gasteiger partial charge in [-0.05, 0) is 42.7 Å². The normalized spacial score (nSPS) is 10.4. The molecule has 21 heavy (non-hydrogen) atoms. The van der Waals surface area contributed by atoms with Crippen molar-refractivity contribution in [3.05, 3.63) is 72.1 Å². The minimum Gasteiger partial charge on any atom is -0.423 e. The van der Waals surface area contributed by atoms with Crippen LogP contribution >= 0.6 is 0 Å². The third kappa shape index (κ3) is 2.92. The minimum atomic E-state index is 0.363. The Hall–Kier alpha value is -2.68. The van der Waals surface area contributed by atoms with Gasteiger partial charge in [0.15, 0.2) is 0 Å². The van der Waals surface area contributed by atoms with Crippen LogP contribution < -0.4 is 4.74 Å². The molecule has 104 valence electrons. The molecule has 3 nitrogen and oxygen atoms in total. The number of rotatable bonds is 3. The Morgan fingerprint density at radius 1 is 0.857 bits per heavy atom. The van der Waals surface area contributed by atoms with Gasteiger partial charge in [0, 0.05) is 18.0 Å². The molecule has 1 aromatic heterocycles. The molecule has 0 amide bonds. The molecule has 0 unspecified atom stereocenters. The lowest BCUT2D eigenvalue weighted by Gasteiger charge is -2.14. The molecule has 0 radical (unpaired) electrons. The van der Waals surface area contributed by atoms with Crippen LogP contribution in [0.25, 0.3) is 11.1 Å². The Morgan fingerprint density at radius 3 is 2.29 bits per heavy atom. The summed E-state index contributed by atoms with van der Waals surface area (Å²) in [5.74, 6) is 0.804. The standard InChI is InChI=1S/C18H16N2O/c1-13-11-14(2)17(21-18-19-9-6-10-20-18)16(12-13)15-7-4-3-5-8-15/h3-12H,1-2H3. The van der Waals surface area contributed by atoms with Crippen molar-refractivity contribution in [1.29, 1.82) is 0 Å². The molecular weight excluding hydrogens is 260 g/mol. The van der Waals surface area contributed by atoms with E-state index in [4.69, 9.17) is 4.74 Å². The minimum absolute atomic E-state index is 0.363. The Kier molecular flexibility index (Phi) is 3.65. The molecule has 0 aliphatic heterocycles. The third-order valence-electron chi connectivity index (χ3n) is 3.24. The zero-order valence-corrected chi connectivity index (χ0v) is 12.1. The van der Waals surface area contributed by atoms with Crippen LogP contribution in [0.1, 0.15) is 11.1 Å². The van der Waals surface area contributed by atoms with Crippen molar-refractivity contribution in [2.45, 2.75) is 13.8 Å². The highest BCUT2D eigenvalue weighted by Gasteiger charge is 2.12. The van der Waals surface area contributed by atoms with E-state index in [0.29, 0.717) is 6.01 Å². The van der Waals surface area contributed by atoms with E-state index in [9.17, 15) is 0 Å². The first kappa shape index (κ1) is 13.3. The van der Waals surface area contributed by atoms with Crippen molar-refractivity contribution >= 4 is 0 Å². The number of hydrogen-bond acceptors (Lipinski definition) is 3. The van der Waals surface area contributed by atoms with Gasteiger partial charge in [0.25, 0.3) is 0 Å². The topological polar surface area (TPSA) is 35.0 Å². The second-order valence-corrected chi connectivity index (χ2v) is 4.96. The first-order chi connectivity index (χ1) is 10.2. The second-order valence-electron chi connectivity index (χ2n) is 4.96. The number of nitrogens with zero attached hydrogens (tertiary/aromatic N) is 2. The molecule has 2 aromatic carbocycles. The molecule has 0 spiro atoms. The average Bonchev–Trinajstić information content (AvgIpc) is 2.51. The van der Waals surface area contributed by atoms with Crippen molar-refractivity contribution in [1.82, 2.24) is 9.97 Å². The van der Waals surface area contributed by atoms with Crippen LogP contribution in [0.2, 0.25) is 0 Å². The molecule has 0 atom stereocenters. The van der Waals surface area contributed by atoms with Crippen molar-refractivity contribution in [2.24, 2.45) is 0 Å². The molecule has 3 heteroatoms. The molecule has 0 N–H and O–H groups in total. The lowest BCUT2D eigenvalue weighted by atomic mass is 9.99. The van der Waals surface area contributed by atoms with Crippen LogP contribution in [0, 0.1) is 13.8 Å². The van der Waals surface area contributed by atoms with Gasteiger partial charge in [0.05, 0.1) is 0 Å². The van der Waals surface area contributed by atoms with Crippen molar-refractivity contribution < 1.29 is 4.74 Å². The van der Waals surface area contributed by atoms with E-state index < -0.39 is 0 Å². The van der Waals surface area contributed by atoms with Gasteiger partial charge in [-0.15, -0.1) is 0 Å². The first-order valence-corrected chi connectivity index (χ1v) is 6.85. The fourth-order valence-electron chi connectivity index (χ4n) is 2.35. The summed E-state index contributed by atoms with van der Waals surface area (Å²) in [6.07, 6.45) is 3.35. The van der Waals surface area contributed by atoms with Crippen LogP contribution in [0.4, 0.5) is 0 Å².